The summed E-state index contributed by atoms with van der Waals surface area (Å²) in [6.45, 7) is 0.611. The quantitative estimate of drug-likeness (QED) is 0.611. The highest BCUT2D eigenvalue weighted by Gasteiger charge is 2.20. The lowest BCUT2D eigenvalue weighted by Gasteiger charge is -2.08. The molecule has 19 heavy (non-hydrogen) atoms. The number of rotatable bonds is 5. The van der Waals surface area contributed by atoms with Gasteiger partial charge in [0.1, 0.15) is 11.3 Å². The lowest BCUT2D eigenvalue weighted by Crippen LogP contribution is -2.29. The first-order valence-corrected chi connectivity index (χ1v) is 6.17. The Balaban J connectivity index is 1.88. The van der Waals surface area contributed by atoms with Crippen LogP contribution in [0.15, 0.2) is 18.2 Å². The van der Waals surface area contributed by atoms with Crippen LogP contribution < -0.4 is 10.6 Å². The largest absolute Gasteiger partial charge is 0.507 e. The molecule has 1 fully saturated rings. The van der Waals surface area contributed by atoms with Crippen LogP contribution in [0, 0.1) is 5.92 Å². The van der Waals surface area contributed by atoms with Crippen molar-refractivity contribution < 1.29 is 19.8 Å². The monoisotopic (exact) mass is 264 g/mol. The molecule has 0 heterocycles. The molecule has 0 radical (unpaired) electrons. The van der Waals surface area contributed by atoms with E-state index in [4.69, 9.17) is 5.11 Å². The third-order valence-electron chi connectivity index (χ3n) is 3.02. The van der Waals surface area contributed by atoms with Crippen LogP contribution in [0.25, 0.3) is 0 Å². The van der Waals surface area contributed by atoms with E-state index in [0.717, 1.165) is 12.3 Å². The molecule has 2 amide bonds. The molecule has 0 aliphatic heterocycles. The van der Waals surface area contributed by atoms with E-state index in [1.54, 1.807) is 0 Å². The fourth-order valence-electron chi connectivity index (χ4n) is 1.76. The fraction of sp³-hybridized carbons (Fsp3) is 0.385. The van der Waals surface area contributed by atoms with Crippen molar-refractivity contribution in [2.24, 2.45) is 5.92 Å². The Labute approximate surface area is 110 Å². The van der Waals surface area contributed by atoms with Crippen molar-refractivity contribution >= 4 is 17.7 Å². The van der Waals surface area contributed by atoms with Crippen LogP contribution in [0.2, 0.25) is 0 Å². The Kier molecular flexibility index (Phi) is 3.89. The average Bonchev–Trinajstić information content (AvgIpc) is 3.15. The van der Waals surface area contributed by atoms with Crippen LogP contribution >= 0.6 is 0 Å². The zero-order chi connectivity index (χ0) is 13.8. The lowest BCUT2D eigenvalue weighted by atomic mass is 10.2. The molecule has 102 valence electrons. The van der Waals surface area contributed by atoms with Gasteiger partial charge in [-0.25, -0.2) is 9.59 Å². The molecule has 1 aromatic carbocycles. The summed E-state index contributed by atoms with van der Waals surface area (Å²) in [6, 6.07) is 3.53. The molecule has 0 spiro atoms. The van der Waals surface area contributed by atoms with Gasteiger partial charge >= 0.3 is 12.0 Å². The highest BCUT2D eigenvalue weighted by molar-refractivity contribution is 5.95. The second kappa shape index (κ2) is 5.60. The van der Waals surface area contributed by atoms with Crippen molar-refractivity contribution in [3.8, 4) is 5.75 Å². The Morgan fingerprint density at radius 1 is 1.32 bits per heavy atom. The van der Waals surface area contributed by atoms with Gasteiger partial charge in [0.25, 0.3) is 0 Å². The van der Waals surface area contributed by atoms with Gasteiger partial charge in [-0.05, 0) is 30.5 Å². The standard InChI is InChI=1S/C13H16N2O4/c16-11-4-3-9(7-10(11)12(17)18)15-13(19)14-6-5-8-1-2-8/h3-4,7-8,16H,1-2,5-6H2,(H,17,18)(H2,14,15,19). The number of hydrogen-bond acceptors (Lipinski definition) is 3. The topological polar surface area (TPSA) is 98.7 Å². The average molecular weight is 264 g/mol. The van der Waals surface area contributed by atoms with E-state index in [0.29, 0.717) is 12.2 Å². The van der Waals surface area contributed by atoms with Gasteiger partial charge in [0.15, 0.2) is 0 Å². The lowest BCUT2D eigenvalue weighted by molar-refractivity contribution is 0.0693. The van der Waals surface area contributed by atoms with Crippen molar-refractivity contribution in [2.75, 3.05) is 11.9 Å². The van der Waals surface area contributed by atoms with Gasteiger partial charge in [0.2, 0.25) is 0 Å². The molecule has 0 unspecified atom stereocenters. The van der Waals surface area contributed by atoms with Crippen LogP contribution in [-0.2, 0) is 0 Å². The molecule has 0 bridgehead atoms. The summed E-state index contributed by atoms with van der Waals surface area (Å²) in [4.78, 5) is 22.4. The first kappa shape index (κ1) is 13.2. The minimum Gasteiger partial charge on any atom is -0.507 e. The number of phenols is 1. The third-order valence-corrected chi connectivity index (χ3v) is 3.02. The summed E-state index contributed by atoms with van der Waals surface area (Å²) in [5, 5.41) is 23.4. The molecule has 1 aliphatic rings. The molecular formula is C13H16N2O4. The van der Waals surface area contributed by atoms with E-state index in [9.17, 15) is 14.7 Å². The summed E-state index contributed by atoms with van der Waals surface area (Å²) in [6.07, 6.45) is 3.45. The first-order valence-electron chi connectivity index (χ1n) is 6.17. The molecule has 2 rings (SSSR count). The predicted molar refractivity (Wildman–Crippen MR) is 69.4 cm³/mol. The number of aromatic hydroxyl groups is 1. The van der Waals surface area contributed by atoms with Crippen molar-refractivity contribution in [3.63, 3.8) is 0 Å². The predicted octanol–water partition coefficient (Wildman–Crippen LogP) is 2.01. The summed E-state index contributed by atoms with van der Waals surface area (Å²) in [5.41, 5.74) is 0.0925. The zero-order valence-electron chi connectivity index (χ0n) is 10.3. The normalized spacial score (nSPS) is 13.9. The van der Waals surface area contributed by atoms with E-state index in [1.165, 1.54) is 31.0 Å². The smallest absolute Gasteiger partial charge is 0.339 e. The molecule has 4 N–H and O–H groups in total. The first-order chi connectivity index (χ1) is 9.06. The highest BCUT2D eigenvalue weighted by Crippen LogP contribution is 2.31. The molecular weight excluding hydrogens is 248 g/mol. The molecule has 6 heteroatoms. The second-order valence-electron chi connectivity index (χ2n) is 4.65. The van der Waals surface area contributed by atoms with E-state index < -0.39 is 5.97 Å². The number of carbonyl (C=O) groups is 2. The highest BCUT2D eigenvalue weighted by atomic mass is 16.4. The SMILES string of the molecule is O=C(NCCC1CC1)Nc1ccc(O)c(C(=O)O)c1. The van der Waals surface area contributed by atoms with Gasteiger partial charge in [-0.1, -0.05) is 12.8 Å². The number of aromatic carboxylic acids is 1. The van der Waals surface area contributed by atoms with E-state index in [1.807, 2.05) is 0 Å². The maximum atomic E-state index is 11.5. The number of carbonyl (C=O) groups excluding carboxylic acids is 1. The van der Waals surface area contributed by atoms with Gasteiger partial charge in [-0.2, -0.15) is 0 Å². The van der Waals surface area contributed by atoms with Crippen LogP contribution in [0.1, 0.15) is 29.6 Å². The number of hydrogen-bond donors (Lipinski definition) is 4. The van der Waals surface area contributed by atoms with Crippen LogP contribution in [0.3, 0.4) is 0 Å². The van der Waals surface area contributed by atoms with Crippen molar-refractivity contribution in [2.45, 2.75) is 19.3 Å². The number of anilines is 1. The molecule has 0 aromatic heterocycles. The van der Waals surface area contributed by atoms with E-state index in [2.05, 4.69) is 10.6 Å². The summed E-state index contributed by atoms with van der Waals surface area (Å²) in [7, 11) is 0. The van der Waals surface area contributed by atoms with Gasteiger partial charge in [0, 0.05) is 12.2 Å². The van der Waals surface area contributed by atoms with Gasteiger partial charge < -0.3 is 20.8 Å². The Hall–Kier alpha value is -2.24. The Morgan fingerprint density at radius 2 is 2.05 bits per heavy atom. The summed E-state index contributed by atoms with van der Waals surface area (Å²) >= 11 is 0. The fourth-order valence-corrected chi connectivity index (χ4v) is 1.76. The Bertz CT molecular complexity index is 497. The van der Waals surface area contributed by atoms with Gasteiger partial charge in [-0.3, -0.25) is 0 Å². The zero-order valence-corrected chi connectivity index (χ0v) is 10.3. The van der Waals surface area contributed by atoms with Crippen molar-refractivity contribution in [1.29, 1.82) is 0 Å². The van der Waals surface area contributed by atoms with Crippen molar-refractivity contribution in [3.05, 3.63) is 23.8 Å². The second-order valence-corrected chi connectivity index (χ2v) is 4.65. The van der Waals surface area contributed by atoms with Gasteiger partial charge in [0.05, 0.1) is 0 Å². The minimum atomic E-state index is -1.24. The third kappa shape index (κ3) is 3.87. The number of urea groups is 1. The van der Waals surface area contributed by atoms with E-state index >= 15 is 0 Å². The van der Waals surface area contributed by atoms with Crippen molar-refractivity contribution in [1.82, 2.24) is 5.32 Å². The maximum Gasteiger partial charge on any atom is 0.339 e. The summed E-state index contributed by atoms with van der Waals surface area (Å²) in [5.74, 6) is -0.824. The molecule has 1 aromatic rings. The molecule has 0 atom stereocenters. The number of benzene rings is 1. The molecule has 1 aliphatic carbocycles. The molecule has 6 nitrogen and oxygen atoms in total. The Morgan fingerprint density at radius 3 is 2.68 bits per heavy atom. The number of carboxylic acid groups (broad SMARTS) is 1. The molecule has 1 saturated carbocycles. The van der Waals surface area contributed by atoms with Gasteiger partial charge in [-0.15, -0.1) is 0 Å². The molecule has 0 saturated heterocycles. The number of carboxylic acids is 1. The number of amides is 2. The minimum absolute atomic E-state index is 0.240. The van der Waals surface area contributed by atoms with Crippen LogP contribution in [0.4, 0.5) is 10.5 Å². The van der Waals surface area contributed by atoms with Crippen LogP contribution in [-0.4, -0.2) is 28.8 Å². The summed E-state index contributed by atoms with van der Waals surface area (Å²) < 4.78 is 0. The van der Waals surface area contributed by atoms with Crippen LogP contribution in [0.5, 0.6) is 5.75 Å². The van der Waals surface area contributed by atoms with E-state index in [-0.39, 0.29) is 17.3 Å². The number of nitrogens with one attached hydrogen (secondary N) is 2. The maximum absolute atomic E-state index is 11.5.